The second-order valence-electron chi connectivity index (χ2n) is 6.86. The van der Waals surface area contributed by atoms with Crippen molar-refractivity contribution in [3.05, 3.63) is 63.5 Å². The average Bonchev–Trinajstić information content (AvgIpc) is 2.70. The van der Waals surface area contributed by atoms with E-state index in [1.165, 1.54) is 11.6 Å². The maximum Gasteiger partial charge on any atom is 0.336 e. The maximum absolute atomic E-state index is 11.9. The molecular weight excluding hydrogens is 370 g/mol. The Kier molecular flexibility index (Phi) is 6.77. The fraction of sp³-hybridized carbons (Fsp3) is 0.348. The minimum Gasteiger partial charge on any atom is -0.508 e. The fourth-order valence-electron chi connectivity index (χ4n) is 3.36. The maximum atomic E-state index is 11.9. The van der Waals surface area contributed by atoms with Gasteiger partial charge < -0.3 is 24.3 Å². The van der Waals surface area contributed by atoms with Gasteiger partial charge in [0.05, 0.1) is 19.8 Å². The first-order valence-corrected chi connectivity index (χ1v) is 9.99. The van der Waals surface area contributed by atoms with Crippen molar-refractivity contribution in [1.82, 2.24) is 0 Å². The zero-order valence-electron chi connectivity index (χ0n) is 17.2. The number of hydrogen-bond acceptors (Lipinski definition) is 5. The number of ether oxygens (including phenoxy) is 2. The van der Waals surface area contributed by atoms with E-state index in [2.05, 4.69) is 11.4 Å². The van der Waals surface area contributed by atoms with Gasteiger partial charge in [-0.3, -0.25) is 0 Å². The third kappa shape index (κ3) is 4.90. The van der Waals surface area contributed by atoms with Crippen molar-refractivity contribution in [2.45, 2.75) is 33.7 Å². The van der Waals surface area contributed by atoms with Crippen LogP contribution < -0.4 is 20.4 Å². The topological polar surface area (TPSA) is 85.5 Å². The zero-order chi connectivity index (χ0) is 20.8. The Labute approximate surface area is 170 Å². The highest BCUT2D eigenvalue weighted by Gasteiger charge is 2.12. The molecule has 0 bridgehead atoms. The largest absolute Gasteiger partial charge is 0.508 e. The Hall–Kier alpha value is -2.99. The number of rotatable bonds is 9. The van der Waals surface area contributed by atoms with E-state index < -0.39 is 5.63 Å². The van der Waals surface area contributed by atoms with Gasteiger partial charge in [0.2, 0.25) is 0 Å². The number of quaternary nitrogens is 1. The molecule has 0 aliphatic heterocycles. The number of phenolic OH excluding ortho intramolecular Hbond substituents is 1. The Morgan fingerprint density at radius 2 is 1.79 bits per heavy atom. The number of aryl methyl sites for hydroxylation is 1. The van der Waals surface area contributed by atoms with Gasteiger partial charge in [-0.25, -0.2) is 4.79 Å². The van der Waals surface area contributed by atoms with Crippen molar-refractivity contribution in [1.29, 1.82) is 0 Å². The normalized spacial score (nSPS) is 11.0. The van der Waals surface area contributed by atoms with Gasteiger partial charge >= 0.3 is 5.63 Å². The predicted octanol–water partition coefficient (Wildman–Crippen LogP) is 2.91. The first-order valence-electron chi connectivity index (χ1n) is 9.99. The quantitative estimate of drug-likeness (QED) is 0.428. The molecule has 0 amide bonds. The molecule has 3 N–H and O–H groups in total. The summed E-state index contributed by atoms with van der Waals surface area (Å²) < 4.78 is 16.6. The Bertz CT molecular complexity index is 1040. The standard InChI is InChI=1S/C23H27NO5/c1-4-27-20-9-6-16(12-21(20)28-5-2)10-11-24-14-17-13-22(26)29-23-15(3)19(25)8-7-18(17)23/h6-9,12-13,24-25H,4-5,10-11,14H2,1-3H3/p+1. The van der Waals surface area contributed by atoms with E-state index in [4.69, 9.17) is 13.9 Å². The van der Waals surface area contributed by atoms with Crippen LogP contribution in [-0.2, 0) is 13.0 Å². The summed E-state index contributed by atoms with van der Waals surface area (Å²) in [5.74, 6) is 1.67. The van der Waals surface area contributed by atoms with Gasteiger partial charge in [-0.1, -0.05) is 6.07 Å². The number of nitrogens with two attached hydrogens (primary N) is 1. The molecule has 0 fully saturated rings. The lowest BCUT2D eigenvalue weighted by Gasteiger charge is -2.12. The molecule has 3 rings (SSSR count). The van der Waals surface area contributed by atoms with E-state index in [1.807, 2.05) is 26.0 Å². The molecule has 0 saturated carbocycles. The summed E-state index contributed by atoms with van der Waals surface area (Å²) in [5.41, 5.74) is 2.71. The van der Waals surface area contributed by atoms with Crippen molar-refractivity contribution in [2.75, 3.05) is 19.8 Å². The molecule has 3 aromatic rings. The van der Waals surface area contributed by atoms with E-state index in [9.17, 15) is 9.90 Å². The molecule has 0 radical (unpaired) electrons. The van der Waals surface area contributed by atoms with E-state index >= 15 is 0 Å². The van der Waals surface area contributed by atoms with E-state index in [1.54, 1.807) is 19.1 Å². The lowest BCUT2D eigenvalue weighted by atomic mass is 10.1. The highest BCUT2D eigenvalue weighted by molar-refractivity contribution is 5.84. The van der Waals surface area contributed by atoms with Crippen LogP contribution in [0.5, 0.6) is 17.2 Å². The molecule has 6 nitrogen and oxygen atoms in total. The molecule has 0 atom stereocenters. The van der Waals surface area contributed by atoms with Crippen molar-refractivity contribution in [2.24, 2.45) is 0 Å². The summed E-state index contributed by atoms with van der Waals surface area (Å²) in [6.07, 6.45) is 0.867. The van der Waals surface area contributed by atoms with Crippen LogP contribution in [0, 0.1) is 6.92 Å². The van der Waals surface area contributed by atoms with Crippen molar-refractivity contribution < 1.29 is 24.3 Å². The minimum atomic E-state index is -0.400. The Balaban J connectivity index is 1.67. The van der Waals surface area contributed by atoms with Crippen LogP contribution in [0.3, 0.4) is 0 Å². The summed E-state index contributed by atoms with van der Waals surface area (Å²) in [6, 6.07) is 11.0. The second-order valence-corrected chi connectivity index (χ2v) is 6.86. The van der Waals surface area contributed by atoms with Gasteiger partial charge in [-0.05, 0) is 50.6 Å². The van der Waals surface area contributed by atoms with Crippen LogP contribution in [0.25, 0.3) is 11.0 Å². The highest BCUT2D eigenvalue weighted by Crippen LogP contribution is 2.29. The van der Waals surface area contributed by atoms with Crippen molar-refractivity contribution in [3.63, 3.8) is 0 Å². The van der Waals surface area contributed by atoms with Crippen LogP contribution in [0.2, 0.25) is 0 Å². The Morgan fingerprint density at radius 3 is 2.55 bits per heavy atom. The molecule has 154 valence electrons. The molecule has 2 aromatic carbocycles. The predicted molar refractivity (Wildman–Crippen MR) is 112 cm³/mol. The van der Waals surface area contributed by atoms with Gasteiger partial charge in [0.25, 0.3) is 0 Å². The highest BCUT2D eigenvalue weighted by atomic mass is 16.5. The number of benzene rings is 2. The Morgan fingerprint density at radius 1 is 1.03 bits per heavy atom. The zero-order valence-corrected chi connectivity index (χ0v) is 17.2. The van der Waals surface area contributed by atoms with E-state index in [0.29, 0.717) is 30.9 Å². The molecule has 0 unspecified atom stereocenters. The van der Waals surface area contributed by atoms with E-state index in [0.717, 1.165) is 35.4 Å². The lowest BCUT2D eigenvalue weighted by molar-refractivity contribution is -0.670. The van der Waals surface area contributed by atoms with Crippen LogP contribution in [0.4, 0.5) is 0 Å². The number of phenols is 1. The number of fused-ring (bicyclic) bond motifs is 1. The SMILES string of the molecule is CCOc1ccc(CC[NH2+]Cc2cc(=O)oc3c(C)c(O)ccc23)cc1OCC. The molecule has 0 aliphatic carbocycles. The van der Waals surface area contributed by atoms with E-state index in [-0.39, 0.29) is 5.75 Å². The van der Waals surface area contributed by atoms with Gasteiger partial charge in [0.1, 0.15) is 17.9 Å². The monoisotopic (exact) mass is 398 g/mol. The van der Waals surface area contributed by atoms with Gasteiger partial charge in [0.15, 0.2) is 11.5 Å². The number of aromatic hydroxyl groups is 1. The molecule has 0 saturated heterocycles. The molecular formula is C23H28NO5+. The molecule has 1 aromatic heterocycles. The smallest absolute Gasteiger partial charge is 0.336 e. The molecule has 0 aliphatic rings. The minimum absolute atomic E-state index is 0.127. The molecule has 1 heterocycles. The summed E-state index contributed by atoms with van der Waals surface area (Å²) in [4.78, 5) is 11.9. The third-order valence-corrected chi connectivity index (χ3v) is 4.83. The first-order chi connectivity index (χ1) is 14.0. The van der Waals surface area contributed by atoms with Crippen LogP contribution in [-0.4, -0.2) is 24.9 Å². The van der Waals surface area contributed by atoms with Crippen LogP contribution >= 0.6 is 0 Å². The van der Waals surface area contributed by atoms with Gasteiger partial charge in [0, 0.05) is 29.0 Å². The third-order valence-electron chi connectivity index (χ3n) is 4.83. The summed E-state index contributed by atoms with van der Waals surface area (Å²) in [7, 11) is 0. The summed E-state index contributed by atoms with van der Waals surface area (Å²) in [6.45, 7) is 8.36. The lowest BCUT2D eigenvalue weighted by Crippen LogP contribution is -2.83. The van der Waals surface area contributed by atoms with Gasteiger partial charge in [-0.2, -0.15) is 0 Å². The summed E-state index contributed by atoms with van der Waals surface area (Å²) in [5, 5.41) is 12.9. The second kappa shape index (κ2) is 9.47. The number of hydrogen-bond donors (Lipinski definition) is 2. The molecule has 0 spiro atoms. The van der Waals surface area contributed by atoms with Crippen molar-refractivity contribution in [3.8, 4) is 17.2 Å². The van der Waals surface area contributed by atoms with Crippen LogP contribution in [0.15, 0.2) is 45.6 Å². The fourth-order valence-corrected chi connectivity index (χ4v) is 3.36. The van der Waals surface area contributed by atoms with Crippen LogP contribution in [0.1, 0.15) is 30.5 Å². The summed E-state index contributed by atoms with van der Waals surface area (Å²) >= 11 is 0. The molecule has 6 heteroatoms. The average molecular weight is 398 g/mol. The van der Waals surface area contributed by atoms with Gasteiger partial charge in [-0.15, -0.1) is 0 Å². The first kappa shape index (κ1) is 20.7. The van der Waals surface area contributed by atoms with Crippen molar-refractivity contribution >= 4 is 11.0 Å². The molecule has 29 heavy (non-hydrogen) atoms.